The molecule has 4 aromatic rings. The van der Waals surface area contributed by atoms with E-state index in [-0.39, 0.29) is 11.3 Å². The van der Waals surface area contributed by atoms with Crippen LogP contribution in [0.25, 0.3) is 0 Å². The molecule has 2 N–H and O–H groups in total. The normalized spacial score (nSPS) is 14.2. The molecule has 4 aromatic carbocycles. The van der Waals surface area contributed by atoms with Crippen LogP contribution in [0.3, 0.4) is 0 Å². The second-order valence-corrected chi connectivity index (χ2v) is 22.8. The average Bonchev–Trinajstić information content (AvgIpc) is 3.13. The van der Waals surface area contributed by atoms with E-state index in [2.05, 4.69) is 126 Å². The Kier molecular flexibility index (Phi) is 18.3. The highest BCUT2D eigenvalue weighted by molar-refractivity contribution is 7.79. The van der Waals surface area contributed by atoms with Crippen molar-refractivity contribution in [2.75, 3.05) is 37.0 Å². The van der Waals surface area contributed by atoms with Gasteiger partial charge in [-0.05, 0) is 63.8 Å². The van der Waals surface area contributed by atoms with Gasteiger partial charge in [-0.3, -0.25) is 8.42 Å². The third kappa shape index (κ3) is 12.4. The smallest absolute Gasteiger partial charge is 0.124 e. The second-order valence-electron chi connectivity index (χ2n) is 12.2. The molecular weight excluding hydrogens is 670 g/mol. The Balaban J connectivity index is 0.000000299. The Labute approximate surface area is 297 Å². The molecule has 0 spiro atoms. The molecule has 4 unspecified atom stereocenters. The van der Waals surface area contributed by atoms with Crippen LogP contribution in [0.1, 0.15) is 87.3 Å². The van der Waals surface area contributed by atoms with Crippen molar-refractivity contribution < 1.29 is 27.7 Å². The van der Waals surface area contributed by atoms with Crippen LogP contribution in [0.2, 0.25) is 0 Å². The lowest BCUT2D eigenvalue weighted by Crippen LogP contribution is -2.20. The Hall–Kier alpha value is -2.47. The van der Waals surface area contributed by atoms with Crippen LogP contribution in [0.15, 0.2) is 121 Å². The minimum absolute atomic E-state index is 0.232. The summed E-state index contributed by atoms with van der Waals surface area (Å²) >= 11 is 0. The molecule has 0 aromatic heterocycles. The van der Waals surface area contributed by atoms with E-state index in [9.17, 15) is 10.2 Å². The number of aliphatic hydroxyl groups is 2. The lowest BCUT2D eigenvalue weighted by molar-refractivity contribution is 0.171. The average molecular weight is 727 g/mol. The molecule has 0 bridgehead atoms. The fraction of sp³-hybridized carbons (Fsp3) is 0.400. The first kappa shape index (κ1) is 42.7. The summed E-state index contributed by atoms with van der Waals surface area (Å²) in [5.74, 6) is 0. The van der Waals surface area contributed by atoms with E-state index >= 15 is 0 Å². The van der Waals surface area contributed by atoms with E-state index in [4.69, 9.17) is 17.5 Å². The molecule has 0 aliphatic carbocycles. The first-order chi connectivity index (χ1) is 23.4. The first-order valence-electron chi connectivity index (χ1n) is 17.3. The summed E-state index contributed by atoms with van der Waals surface area (Å²) in [6, 6.07) is 41.5. The van der Waals surface area contributed by atoms with Crippen LogP contribution in [0, 0.1) is 0 Å². The Bertz CT molecular complexity index is 1420. The Morgan fingerprint density at radius 1 is 0.449 bits per heavy atom. The van der Waals surface area contributed by atoms with Crippen LogP contribution in [-0.4, -0.2) is 64.7 Å². The van der Waals surface area contributed by atoms with Crippen molar-refractivity contribution in [2.24, 2.45) is 0 Å². The summed E-state index contributed by atoms with van der Waals surface area (Å²) in [5.41, 5.74) is 5.12. The molecular formula is C40H56O6P2S. The number of hydrogen-bond donors (Lipinski definition) is 2. The van der Waals surface area contributed by atoms with Crippen molar-refractivity contribution >= 4 is 24.9 Å². The molecule has 268 valence electrons. The van der Waals surface area contributed by atoms with Gasteiger partial charge in [0.25, 0.3) is 0 Å². The second kappa shape index (κ2) is 21.0. The monoisotopic (exact) mass is 726 g/mol. The van der Waals surface area contributed by atoms with E-state index in [0.717, 1.165) is 11.1 Å². The molecule has 6 nitrogen and oxygen atoms in total. The maximum absolute atomic E-state index is 11.2. The van der Waals surface area contributed by atoms with Crippen molar-refractivity contribution in [3.63, 3.8) is 0 Å². The van der Waals surface area contributed by atoms with Gasteiger partial charge in [-0.2, -0.15) is 0 Å². The molecule has 0 saturated carbocycles. The summed E-state index contributed by atoms with van der Waals surface area (Å²) in [4.78, 5) is 0. The van der Waals surface area contributed by atoms with E-state index < -0.39 is 37.1 Å². The van der Waals surface area contributed by atoms with Crippen LogP contribution >= 0.6 is 14.5 Å². The molecule has 0 heterocycles. The van der Waals surface area contributed by atoms with Gasteiger partial charge in [0.2, 0.25) is 0 Å². The van der Waals surface area contributed by atoms with E-state index in [1.54, 1.807) is 0 Å². The minimum atomic E-state index is -5.17. The predicted octanol–water partition coefficient (Wildman–Crippen LogP) is 9.74. The van der Waals surface area contributed by atoms with Crippen LogP contribution in [0.5, 0.6) is 0 Å². The summed E-state index contributed by atoms with van der Waals surface area (Å²) in [6.45, 7) is 13.8. The van der Waals surface area contributed by atoms with E-state index in [0.29, 0.717) is 0 Å². The van der Waals surface area contributed by atoms with Gasteiger partial charge < -0.3 is 19.3 Å². The molecule has 4 atom stereocenters. The van der Waals surface area contributed by atoms with Crippen LogP contribution in [0.4, 0.5) is 0 Å². The van der Waals surface area contributed by atoms with Gasteiger partial charge in [0.15, 0.2) is 0 Å². The third-order valence-corrected chi connectivity index (χ3v) is 21.2. The van der Waals surface area contributed by atoms with E-state index in [1.165, 1.54) is 48.1 Å². The van der Waals surface area contributed by atoms with Gasteiger partial charge in [0.05, 0.1) is 37.0 Å². The summed E-state index contributed by atoms with van der Waals surface area (Å²) < 4.78 is 34.1. The number of rotatable bonds is 14. The minimum Gasteiger partial charge on any atom is -0.759 e. The van der Waals surface area contributed by atoms with Gasteiger partial charge in [-0.1, -0.05) is 121 Å². The summed E-state index contributed by atoms with van der Waals surface area (Å²) in [7, 11) is -7.65. The maximum atomic E-state index is 11.2. The van der Waals surface area contributed by atoms with Gasteiger partial charge in [-0.25, -0.2) is 0 Å². The molecule has 4 rings (SSSR count). The zero-order valence-electron chi connectivity index (χ0n) is 29.9. The maximum Gasteiger partial charge on any atom is 0.124 e. The lowest BCUT2D eigenvalue weighted by atomic mass is 10.0. The number of aliphatic hydroxyl groups excluding tert-OH is 2. The fourth-order valence-corrected chi connectivity index (χ4v) is 15.3. The molecule has 49 heavy (non-hydrogen) atoms. The van der Waals surface area contributed by atoms with E-state index in [1.807, 2.05) is 36.4 Å². The largest absolute Gasteiger partial charge is 0.759 e. The highest BCUT2D eigenvalue weighted by Gasteiger charge is 2.47. The van der Waals surface area contributed by atoms with Crippen LogP contribution in [-0.2, 0) is 10.4 Å². The van der Waals surface area contributed by atoms with Crippen LogP contribution < -0.4 is 0 Å². The highest BCUT2D eigenvalue weighted by atomic mass is 32.3. The molecule has 9 heteroatoms. The fourth-order valence-electron chi connectivity index (χ4n) is 7.08. The quantitative estimate of drug-likeness (QED) is 0.0759. The van der Waals surface area contributed by atoms with Crippen molar-refractivity contribution in [3.05, 3.63) is 144 Å². The van der Waals surface area contributed by atoms with Gasteiger partial charge in [0.1, 0.15) is 23.5 Å². The Morgan fingerprint density at radius 3 is 0.816 bits per heavy atom. The number of benzene rings is 4. The van der Waals surface area contributed by atoms with Gasteiger partial charge >= 0.3 is 0 Å². The standard InChI is InChI=1S/2C20H28OP.H2O4S/c2*1-4-22(5-2,6-3)20(18-15-11-8-12-16-18)19(21)17-13-9-7-10-14-17;1-5(2,3)4/h2*7-16,19-21H,4-6H2,1-3H3;(H2,1,2,3,4)/q2*+1;/p-2. The zero-order valence-corrected chi connectivity index (χ0v) is 32.5. The summed E-state index contributed by atoms with van der Waals surface area (Å²) in [6.07, 6.45) is 6.26. The van der Waals surface area contributed by atoms with Crippen molar-refractivity contribution in [3.8, 4) is 0 Å². The SMILES string of the molecule is CC[P+](CC)(CC)C(c1ccccc1)C(O)c1ccccc1.CC[P+](CC)(CC)C(c1ccccc1)C(O)c1ccccc1.O=S(=O)([O-])[O-]. The molecule has 0 fully saturated rings. The molecule has 0 aliphatic rings. The highest BCUT2D eigenvalue weighted by Crippen LogP contribution is 2.73. The van der Waals surface area contributed by atoms with Gasteiger partial charge in [-0.15, -0.1) is 0 Å². The van der Waals surface area contributed by atoms with Gasteiger partial charge in [0, 0.05) is 24.9 Å². The molecule has 0 saturated heterocycles. The number of hydrogen-bond acceptors (Lipinski definition) is 6. The van der Waals surface area contributed by atoms with Crippen molar-refractivity contribution in [1.29, 1.82) is 0 Å². The topological polar surface area (TPSA) is 121 Å². The third-order valence-electron chi connectivity index (χ3n) is 10.1. The zero-order chi connectivity index (χ0) is 36.5. The Morgan fingerprint density at radius 2 is 0.633 bits per heavy atom. The van der Waals surface area contributed by atoms with Crippen molar-refractivity contribution in [1.82, 2.24) is 0 Å². The molecule has 0 radical (unpaired) electrons. The molecule has 0 amide bonds. The van der Waals surface area contributed by atoms with Crippen molar-refractivity contribution in [2.45, 2.75) is 65.1 Å². The molecule has 0 aliphatic heterocycles. The lowest BCUT2D eigenvalue weighted by Gasteiger charge is -2.36. The first-order valence-corrected chi connectivity index (χ1v) is 23.5. The summed E-state index contributed by atoms with van der Waals surface area (Å²) in [5, 5.41) is 22.4. The predicted molar refractivity (Wildman–Crippen MR) is 209 cm³/mol.